The topological polar surface area (TPSA) is 38.8 Å². The second-order valence-electron chi connectivity index (χ2n) is 6.62. The lowest BCUT2D eigenvalue weighted by Gasteiger charge is -2.12. The number of benzene rings is 3. The van der Waals surface area contributed by atoms with Crippen LogP contribution in [0.1, 0.15) is 16.7 Å². The normalized spacial score (nSPS) is 14.3. The number of fused-ring (bicyclic) bond motifs is 1. The summed E-state index contributed by atoms with van der Waals surface area (Å²) in [6, 6.07) is 23.5. The highest BCUT2D eigenvalue weighted by atomic mass is 16.5. The van der Waals surface area contributed by atoms with Crippen LogP contribution in [0.4, 0.5) is 5.69 Å². The van der Waals surface area contributed by atoms with E-state index in [2.05, 4.69) is 0 Å². The lowest BCUT2D eigenvalue weighted by atomic mass is 10.0. The number of likely N-dealkylation sites (N-methyl/N-ethyl adjacent to an activating group) is 1. The van der Waals surface area contributed by atoms with Crippen LogP contribution in [0, 0.1) is 0 Å². The van der Waals surface area contributed by atoms with E-state index in [1.807, 2.05) is 78.9 Å². The second kappa shape index (κ2) is 7.61. The quantitative estimate of drug-likeness (QED) is 0.605. The fourth-order valence-electron chi connectivity index (χ4n) is 3.34. The Hall–Kier alpha value is -3.53. The van der Waals surface area contributed by atoms with Gasteiger partial charge >= 0.3 is 0 Å². The van der Waals surface area contributed by atoms with Crippen LogP contribution < -0.4 is 14.4 Å². The molecule has 0 bridgehead atoms. The second-order valence-corrected chi connectivity index (χ2v) is 6.62. The lowest BCUT2D eigenvalue weighted by molar-refractivity contribution is -0.112. The molecule has 28 heavy (non-hydrogen) atoms. The zero-order valence-corrected chi connectivity index (χ0v) is 15.9. The molecule has 0 spiro atoms. The first-order valence-electron chi connectivity index (χ1n) is 9.11. The molecule has 0 saturated heterocycles. The third-order valence-electron chi connectivity index (χ3n) is 4.83. The van der Waals surface area contributed by atoms with E-state index in [-0.39, 0.29) is 5.91 Å². The molecule has 0 aromatic heterocycles. The predicted molar refractivity (Wildman–Crippen MR) is 111 cm³/mol. The standard InChI is InChI=1S/C24H21NO3/c1-25-21-11-7-6-10-19(21)20(24(25)26)14-18-12-13-22(27-2)23(15-18)28-16-17-8-4-3-5-9-17/h3-15H,16H2,1-2H3/b20-14+. The number of para-hydroxylation sites is 1. The zero-order chi connectivity index (χ0) is 19.5. The van der Waals surface area contributed by atoms with Crippen LogP contribution in [0.25, 0.3) is 11.6 Å². The Morgan fingerprint density at radius 3 is 2.46 bits per heavy atom. The van der Waals surface area contributed by atoms with Crippen LogP contribution in [-0.2, 0) is 11.4 Å². The number of hydrogen-bond donors (Lipinski definition) is 0. The summed E-state index contributed by atoms with van der Waals surface area (Å²) >= 11 is 0. The molecule has 140 valence electrons. The van der Waals surface area contributed by atoms with Gasteiger partial charge in [0.15, 0.2) is 11.5 Å². The average Bonchev–Trinajstić information content (AvgIpc) is 2.98. The van der Waals surface area contributed by atoms with E-state index in [1.165, 1.54) is 0 Å². The molecule has 1 amide bonds. The highest BCUT2D eigenvalue weighted by Gasteiger charge is 2.29. The van der Waals surface area contributed by atoms with Gasteiger partial charge in [-0.05, 0) is 35.4 Å². The summed E-state index contributed by atoms with van der Waals surface area (Å²) in [6.45, 7) is 0.446. The minimum Gasteiger partial charge on any atom is -0.493 e. The maximum atomic E-state index is 12.7. The van der Waals surface area contributed by atoms with Gasteiger partial charge < -0.3 is 14.4 Å². The van der Waals surface area contributed by atoms with Crippen molar-refractivity contribution in [3.05, 3.63) is 89.5 Å². The van der Waals surface area contributed by atoms with Gasteiger partial charge in [-0.2, -0.15) is 0 Å². The Morgan fingerprint density at radius 1 is 0.929 bits per heavy atom. The molecule has 0 aliphatic carbocycles. The van der Waals surface area contributed by atoms with Gasteiger partial charge in [-0.3, -0.25) is 4.79 Å². The fourth-order valence-corrected chi connectivity index (χ4v) is 3.34. The maximum Gasteiger partial charge on any atom is 0.258 e. The molecule has 4 rings (SSSR count). The first-order valence-corrected chi connectivity index (χ1v) is 9.11. The number of rotatable bonds is 5. The summed E-state index contributed by atoms with van der Waals surface area (Å²) in [5, 5.41) is 0. The Kier molecular flexibility index (Phi) is 4.85. The third-order valence-corrected chi connectivity index (χ3v) is 4.83. The van der Waals surface area contributed by atoms with Crippen molar-refractivity contribution in [1.82, 2.24) is 0 Å². The molecule has 0 unspecified atom stereocenters. The Balaban J connectivity index is 1.66. The Morgan fingerprint density at radius 2 is 1.68 bits per heavy atom. The van der Waals surface area contributed by atoms with Gasteiger partial charge in [0.05, 0.1) is 12.8 Å². The monoisotopic (exact) mass is 371 g/mol. The van der Waals surface area contributed by atoms with E-state index in [4.69, 9.17) is 9.47 Å². The van der Waals surface area contributed by atoms with Crippen LogP contribution in [-0.4, -0.2) is 20.1 Å². The summed E-state index contributed by atoms with van der Waals surface area (Å²) in [5.74, 6) is 1.30. The van der Waals surface area contributed by atoms with Crippen LogP contribution >= 0.6 is 0 Å². The van der Waals surface area contributed by atoms with E-state index in [1.54, 1.807) is 19.1 Å². The molecule has 3 aromatic carbocycles. The smallest absolute Gasteiger partial charge is 0.258 e. The number of ether oxygens (including phenoxy) is 2. The number of carbonyl (C=O) groups is 1. The minimum atomic E-state index is -0.0104. The highest BCUT2D eigenvalue weighted by Crippen LogP contribution is 2.37. The van der Waals surface area contributed by atoms with Crippen LogP contribution in [0.2, 0.25) is 0 Å². The molecule has 0 radical (unpaired) electrons. The number of carbonyl (C=O) groups excluding carboxylic acids is 1. The molecule has 4 heteroatoms. The van der Waals surface area contributed by atoms with Crippen molar-refractivity contribution in [3.63, 3.8) is 0 Å². The minimum absolute atomic E-state index is 0.0104. The van der Waals surface area contributed by atoms with E-state index < -0.39 is 0 Å². The number of anilines is 1. The number of hydrogen-bond acceptors (Lipinski definition) is 3. The lowest BCUT2D eigenvalue weighted by Crippen LogP contribution is -2.20. The number of nitrogens with zero attached hydrogens (tertiary/aromatic N) is 1. The molecular weight excluding hydrogens is 350 g/mol. The number of methoxy groups -OCH3 is 1. The predicted octanol–water partition coefficient (Wildman–Crippen LogP) is 4.79. The van der Waals surface area contributed by atoms with Gasteiger partial charge in [-0.1, -0.05) is 54.6 Å². The van der Waals surface area contributed by atoms with E-state index in [0.717, 1.165) is 22.4 Å². The summed E-state index contributed by atoms with van der Waals surface area (Å²) in [6.07, 6.45) is 1.90. The van der Waals surface area contributed by atoms with Gasteiger partial charge in [0.2, 0.25) is 0 Å². The van der Waals surface area contributed by atoms with Gasteiger partial charge in [0, 0.05) is 18.2 Å². The van der Waals surface area contributed by atoms with E-state index in [9.17, 15) is 4.79 Å². The van der Waals surface area contributed by atoms with Gasteiger partial charge in [0.1, 0.15) is 6.61 Å². The van der Waals surface area contributed by atoms with Crippen molar-refractivity contribution >= 4 is 23.2 Å². The zero-order valence-electron chi connectivity index (χ0n) is 15.9. The van der Waals surface area contributed by atoms with E-state index >= 15 is 0 Å². The SMILES string of the molecule is COc1ccc(/C=C2/C(=O)N(C)c3ccccc32)cc1OCc1ccccc1. The van der Waals surface area contributed by atoms with Gasteiger partial charge in [-0.25, -0.2) is 0 Å². The molecule has 0 atom stereocenters. The molecule has 0 saturated carbocycles. The van der Waals surface area contributed by atoms with Crippen LogP contribution in [0.15, 0.2) is 72.8 Å². The van der Waals surface area contributed by atoms with Crippen molar-refractivity contribution in [3.8, 4) is 11.5 Å². The summed E-state index contributed by atoms with van der Waals surface area (Å²) in [4.78, 5) is 14.4. The molecule has 1 aliphatic rings. The molecule has 3 aromatic rings. The van der Waals surface area contributed by atoms with Crippen molar-refractivity contribution in [1.29, 1.82) is 0 Å². The molecule has 1 aliphatic heterocycles. The molecule has 0 N–H and O–H groups in total. The van der Waals surface area contributed by atoms with Crippen molar-refractivity contribution in [2.24, 2.45) is 0 Å². The van der Waals surface area contributed by atoms with Crippen LogP contribution in [0.3, 0.4) is 0 Å². The average molecular weight is 371 g/mol. The van der Waals surface area contributed by atoms with Gasteiger partial charge in [-0.15, -0.1) is 0 Å². The number of amides is 1. The van der Waals surface area contributed by atoms with Gasteiger partial charge in [0.25, 0.3) is 5.91 Å². The molecule has 0 fully saturated rings. The highest BCUT2D eigenvalue weighted by molar-refractivity contribution is 6.35. The fraction of sp³-hybridized carbons (Fsp3) is 0.125. The first-order chi connectivity index (χ1) is 13.7. The van der Waals surface area contributed by atoms with E-state index in [0.29, 0.717) is 23.7 Å². The van der Waals surface area contributed by atoms with Crippen molar-refractivity contribution in [2.45, 2.75) is 6.61 Å². The molecule has 1 heterocycles. The third kappa shape index (κ3) is 3.37. The van der Waals surface area contributed by atoms with Crippen molar-refractivity contribution < 1.29 is 14.3 Å². The molecular formula is C24H21NO3. The largest absolute Gasteiger partial charge is 0.493 e. The summed E-state index contributed by atoms with van der Waals surface area (Å²) < 4.78 is 11.4. The Labute approximate surface area is 164 Å². The summed E-state index contributed by atoms with van der Waals surface area (Å²) in [5.41, 5.74) is 4.51. The maximum absolute atomic E-state index is 12.7. The summed E-state index contributed by atoms with van der Waals surface area (Å²) in [7, 11) is 3.42. The molecule has 4 nitrogen and oxygen atoms in total. The Bertz CT molecular complexity index is 1040. The first kappa shape index (κ1) is 17.9. The van der Waals surface area contributed by atoms with Crippen LogP contribution in [0.5, 0.6) is 11.5 Å². The van der Waals surface area contributed by atoms with Crippen molar-refractivity contribution in [2.75, 3.05) is 19.1 Å².